The molecule has 0 N–H and O–H groups in total. The van der Waals surface area contributed by atoms with Gasteiger partial charge in [-0.2, -0.15) is 0 Å². The van der Waals surface area contributed by atoms with E-state index in [1.807, 2.05) is 0 Å². The predicted octanol–water partition coefficient (Wildman–Crippen LogP) is 0.601. The predicted molar refractivity (Wildman–Crippen MR) is 36.5 cm³/mol. The minimum Gasteiger partial charge on any atom is -0.0604 e. The molecular weight excluding hydrogens is 88.1 g/mol. The molecule has 0 rings (SSSR count). The second-order valence-electron chi connectivity index (χ2n) is 3.00. The Morgan fingerprint density at radius 3 is 0.833 bits per heavy atom. The van der Waals surface area contributed by atoms with E-state index in [4.69, 9.17) is 0 Å². The van der Waals surface area contributed by atoms with Gasteiger partial charge in [0.25, 0.3) is 0 Å². The van der Waals surface area contributed by atoms with Crippen LogP contribution in [0.4, 0.5) is 0 Å². The van der Waals surface area contributed by atoms with Crippen LogP contribution in [0.1, 0.15) is 27.7 Å². The van der Waals surface area contributed by atoms with E-state index in [9.17, 15) is 0 Å². The summed E-state index contributed by atoms with van der Waals surface area (Å²) < 4.78 is 0. The van der Waals surface area contributed by atoms with Gasteiger partial charge < -0.3 is 0 Å². The van der Waals surface area contributed by atoms with Crippen molar-refractivity contribution < 1.29 is 0 Å². The van der Waals surface area contributed by atoms with Gasteiger partial charge >= 0.3 is 0 Å². The molecule has 0 aliphatic rings. The van der Waals surface area contributed by atoms with Crippen molar-refractivity contribution in [1.29, 1.82) is 0 Å². The summed E-state index contributed by atoms with van der Waals surface area (Å²) in [5.41, 5.74) is 0.500. The van der Waals surface area contributed by atoms with Crippen LogP contribution in [0.3, 0.4) is 0 Å². The van der Waals surface area contributed by atoms with Gasteiger partial charge in [-0.05, 0) is 16.4 Å². The van der Waals surface area contributed by atoms with Crippen molar-refractivity contribution in [2.75, 3.05) is 0 Å². The van der Waals surface area contributed by atoms with Gasteiger partial charge in [-0.3, -0.25) is 0 Å². The molecule has 1 heteroatoms. The van der Waals surface area contributed by atoms with Crippen molar-refractivity contribution in [3.05, 3.63) is 0 Å². The first-order valence-corrected chi connectivity index (χ1v) is 2.00. The average molecular weight is 104 g/mol. The lowest BCUT2D eigenvalue weighted by Gasteiger charge is -2.05. The molecule has 0 unspecified atom stereocenters. The minimum atomic E-state index is 0. The third kappa shape index (κ3) is 928. The molecule has 0 atom stereocenters. The second kappa shape index (κ2) is 2.40. The largest absolute Gasteiger partial charge is 0.0604 e. The average Bonchev–Trinajstić information content (AvgIpc) is 0.722. The maximum Gasteiger partial charge on any atom is -0.0149 e. The molecule has 0 nitrogen and oxygen atoms in total. The fourth-order valence-corrected chi connectivity index (χ4v) is 0. The summed E-state index contributed by atoms with van der Waals surface area (Å²) in [4.78, 5) is 0. The van der Waals surface area contributed by atoms with Crippen molar-refractivity contribution in [3.8, 4) is 0 Å². The molecule has 0 radical (unpaired) electrons. The highest BCUT2D eigenvalue weighted by molar-refractivity contribution is 5.75. The Kier molecular flexibility index (Phi) is 3.81. The van der Waals surface area contributed by atoms with Crippen molar-refractivity contribution in [3.63, 3.8) is 0 Å². The lowest BCUT2D eigenvalue weighted by molar-refractivity contribution is 0.469. The Morgan fingerprint density at radius 2 is 0.833 bits per heavy atom. The molecule has 0 amide bonds. The smallest absolute Gasteiger partial charge is 0.0149 e. The van der Waals surface area contributed by atoms with E-state index in [1.54, 1.807) is 0 Å². The molecule has 0 aromatic carbocycles. The summed E-state index contributed by atoms with van der Waals surface area (Å²) in [5.74, 6) is 0. The molecule has 0 saturated heterocycles. The van der Waals surface area contributed by atoms with Crippen LogP contribution in [0, 0.1) is 5.41 Å². The van der Waals surface area contributed by atoms with Crippen LogP contribution < -0.4 is 0 Å². The van der Waals surface area contributed by atoms with Crippen LogP contribution in [0.25, 0.3) is 0 Å². The zero-order valence-electron chi connectivity index (χ0n) is 4.50. The summed E-state index contributed by atoms with van der Waals surface area (Å²) in [6.45, 7) is 8.75. The van der Waals surface area contributed by atoms with E-state index < -0.39 is 0 Å². The van der Waals surface area contributed by atoms with Crippen molar-refractivity contribution in [1.82, 2.24) is 0 Å². The molecule has 0 aromatic rings. The number of hydrogen-bond acceptors (Lipinski definition) is 0. The van der Waals surface area contributed by atoms with E-state index in [-0.39, 0.29) is 11.0 Å². The molecule has 40 valence electrons. The summed E-state index contributed by atoms with van der Waals surface area (Å²) in [5, 5.41) is 0. The Bertz CT molecular complexity index is 19.4. The fourth-order valence-electron chi connectivity index (χ4n) is 0. The first-order chi connectivity index (χ1) is 2.00. The highest BCUT2D eigenvalue weighted by Gasteiger charge is 1.95. The third-order valence-corrected chi connectivity index (χ3v) is 0. The molecular formula is C5H16Si. The Labute approximate surface area is 45.0 Å². The van der Waals surface area contributed by atoms with Gasteiger partial charge in [0.2, 0.25) is 0 Å². The molecule has 0 aliphatic carbocycles. The molecule has 0 spiro atoms. The van der Waals surface area contributed by atoms with Crippen LogP contribution in [-0.2, 0) is 0 Å². The lowest BCUT2D eigenvalue weighted by Crippen LogP contribution is -1.93. The Balaban J connectivity index is 0. The number of hydrogen-bond donors (Lipinski definition) is 0. The standard InChI is InChI=1S/C5H12.H4Si/c1-5(2,3)4;/h1-4H3;1H4. The van der Waals surface area contributed by atoms with Crippen molar-refractivity contribution >= 4 is 11.0 Å². The van der Waals surface area contributed by atoms with E-state index >= 15 is 0 Å². The summed E-state index contributed by atoms with van der Waals surface area (Å²) in [6, 6.07) is 0. The lowest BCUT2D eigenvalue weighted by atomic mass is 10.0. The first-order valence-electron chi connectivity index (χ1n) is 2.00. The summed E-state index contributed by atoms with van der Waals surface area (Å²) >= 11 is 0. The van der Waals surface area contributed by atoms with E-state index in [0.29, 0.717) is 5.41 Å². The van der Waals surface area contributed by atoms with Gasteiger partial charge in [0.15, 0.2) is 0 Å². The maximum absolute atomic E-state index is 2.19. The third-order valence-electron chi connectivity index (χ3n) is 0. The number of rotatable bonds is 0. The van der Waals surface area contributed by atoms with Gasteiger partial charge in [-0.15, -0.1) is 0 Å². The SMILES string of the molecule is CC(C)(C)C.[SiH4]. The molecule has 0 heterocycles. The van der Waals surface area contributed by atoms with E-state index in [0.717, 1.165) is 0 Å². The first kappa shape index (κ1) is 9.52. The monoisotopic (exact) mass is 104 g/mol. The Hall–Kier alpha value is 0.217. The fraction of sp³-hybridized carbons (Fsp3) is 1.00. The van der Waals surface area contributed by atoms with Gasteiger partial charge in [-0.1, -0.05) is 27.7 Å². The van der Waals surface area contributed by atoms with Gasteiger partial charge in [0, 0.05) is 0 Å². The maximum atomic E-state index is 2.19. The van der Waals surface area contributed by atoms with Crippen LogP contribution in [0.2, 0.25) is 0 Å². The van der Waals surface area contributed by atoms with Gasteiger partial charge in [-0.25, -0.2) is 0 Å². The van der Waals surface area contributed by atoms with E-state index in [1.165, 1.54) is 0 Å². The molecule has 6 heavy (non-hydrogen) atoms. The molecule has 0 aromatic heterocycles. The second-order valence-corrected chi connectivity index (χ2v) is 3.00. The highest BCUT2D eigenvalue weighted by atomic mass is 28.1. The Morgan fingerprint density at radius 1 is 0.833 bits per heavy atom. The van der Waals surface area contributed by atoms with Crippen molar-refractivity contribution in [2.45, 2.75) is 27.7 Å². The van der Waals surface area contributed by atoms with Gasteiger partial charge in [0.05, 0.1) is 0 Å². The normalized spacial score (nSPS) is 10.0. The van der Waals surface area contributed by atoms with Crippen LogP contribution in [0.15, 0.2) is 0 Å². The minimum absolute atomic E-state index is 0. The van der Waals surface area contributed by atoms with Crippen molar-refractivity contribution in [2.24, 2.45) is 5.41 Å². The van der Waals surface area contributed by atoms with Crippen LogP contribution in [0.5, 0.6) is 0 Å². The van der Waals surface area contributed by atoms with Crippen LogP contribution >= 0.6 is 0 Å². The molecule has 0 aliphatic heterocycles. The van der Waals surface area contributed by atoms with Gasteiger partial charge in [0.1, 0.15) is 0 Å². The molecule has 0 fully saturated rings. The summed E-state index contributed by atoms with van der Waals surface area (Å²) in [7, 11) is 0. The highest BCUT2D eigenvalue weighted by Crippen LogP contribution is 2.07. The summed E-state index contributed by atoms with van der Waals surface area (Å²) in [6.07, 6.45) is 0. The molecule has 0 saturated carbocycles. The molecule has 0 bridgehead atoms. The zero-order chi connectivity index (χ0) is 4.50. The van der Waals surface area contributed by atoms with E-state index in [2.05, 4.69) is 27.7 Å². The van der Waals surface area contributed by atoms with Crippen LogP contribution in [-0.4, -0.2) is 11.0 Å². The quantitative estimate of drug-likeness (QED) is 0.395. The zero-order valence-corrected chi connectivity index (χ0v) is 4.50. The topological polar surface area (TPSA) is 0 Å².